The topological polar surface area (TPSA) is 45.9 Å². The first kappa shape index (κ1) is 11.7. The highest BCUT2D eigenvalue weighted by atomic mass is 35.5. The average molecular weight is 233 g/mol. The Morgan fingerprint density at radius 2 is 2.33 bits per heavy atom. The van der Waals surface area contributed by atoms with Gasteiger partial charge in [-0.15, -0.1) is 0 Å². The Morgan fingerprint density at radius 1 is 1.67 bits per heavy atom. The Morgan fingerprint density at radius 3 is 2.80 bits per heavy atom. The molecule has 1 aromatic heterocycles. The summed E-state index contributed by atoms with van der Waals surface area (Å²) in [5.41, 5.74) is -0.135. The summed E-state index contributed by atoms with van der Waals surface area (Å²) >= 11 is 5.67. The molecular formula is C9H7ClF2N2O. The fourth-order valence-corrected chi connectivity index (χ4v) is 1.43. The number of rotatable bonds is 3. The third kappa shape index (κ3) is 2.34. The molecule has 15 heavy (non-hydrogen) atoms. The molecule has 3 nitrogen and oxygen atoms in total. The minimum atomic E-state index is -2.76. The van der Waals surface area contributed by atoms with Gasteiger partial charge in [0.05, 0.1) is 19.6 Å². The second-order valence-electron chi connectivity index (χ2n) is 2.65. The van der Waals surface area contributed by atoms with E-state index in [9.17, 15) is 8.78 Å². The van der Waals surface area contributed by atoms with Gasteiger partial charge in [-0.25, -0.2) is 8.78 Å². The Balaban J connectivity index is 3.27. The fourth-order valence-electron chi connectivity index (χ4n) is 1.10. The van der Waals surface area contributed by atoms with Crippen molar-refractivity contribution < 1.29 is 13.5 Å². The molecule has 0 radical (unpaired) electrons. The summed E-state index contributed by atoms with van der Waals surface area (Å²) in [4.78, 5) is 3.49. The van der Waals surface area contributed by atoms with E-state index in [1.54, 1.807) is 0 Å². The van der Waals surface area contributed by atoms with Crippen molar-refractivity contribution in [1.29, 1.82) is 5.26 Å². The quantitative estimate of drug-likeness (QED) is 0.805. The van der Waals surface area contributed by atoms with E-state index in [-0.39, 0.29) is 17.2 Å². The molecule has 0 aromatic carbocycles. The van der Waals surface area contributed by atoms with Crippen molar-refractivity contribution in [2.75, 3.05) is 7.11 Å². The maximum atomic E-state index is 12.4. The smallest absolute Gasteiger partial charge is 0.281 e. The van der Waals surface area contributed by atoms with E-state index >= 15 is 0 Å². The molecule has 0 atom stereocenters. The van der Waals surface area contributed by atoms with Crippen molar-refractivity contribution in [3.63, 3.8) is 0 Å². The predicted molar refractivity (Wildman–Crippen MR) is 50.1 cm³/mol. The Kier molecular flexibility index (Phi) is 3.81. The molecule has 1 rings (SSSR count). The molecule has 80 valence electrons. The minimum Gasteiger partial charge on any atom is -0.495 e. The van der Waals surface area contributed by atoms with Crippen molar-refractivity contribution in [2.45, 2.75) is 12.8 Å². The maximum Gasteiger partial charge on any atom is 0.281 e. The third-order valence-electron chi connectivity index (χ3n) is 1.76. The molecule has 0 bridgehead atoms. The number of alkyl halides is 2. The zero-order valence-electron chi connectivity index (χ0n) is 7.80. The van der Waals surface area contributed by atoms with Crippen molar-refractivity contribution in [3.05, 3.63) is 22.5 Å². The lowest BCUT2D eigenvalue weighted by atomic mass is 10.2. The van der Waals surface area contributed by atoms with Gasteiger partial charge < -0.3 is 4.74 Å². The third-order valence-corrected chi connectivity index (χ3v) is 2.12. The van der Waals surface area contributed by atoms with Crippen LogP contribution < -0.4 is 4.74 Å². The lowest BCUT2D eigenvalue weighted by Crippen LogP contribution is -1.99. The van der Waals surface area contributed by atoms with Crippen molar-refractivity contribution in [2.24, 2.45) is 0 Å². The maximum absolute atomic E-state index is 12.4. The highest BCUT2D eigenvalue weighted by molar-refractivity contribution is 6.32. The van der Waals surface area contributed by atoms with Gasteiger partial charge in [0.15, 0.2) is 0 Å². The summed E-state index contributed by atoms with van der Waals surface area (Å²) in [6.07, 6.45) is -1.57. The van der Waals surface area contributed by atoms with Gasteiger partial charge in [-0.2, -0.15) is 5.26 Å². The lowest BCUT2D eigenvalue weighted by Gasteiger charge is -2.10. The lowest BCUT2D eigenvalue weighted by molar-refractivity contribution is 0.145. The molecule has 0 saturated heterocycles. The van der Waals surface area contributed by atoms with Crippen LogP contribution in [0.2, 0.25) is 5.02 Å². The summed E-state index contributed by atoms with van der Waals surface area (Å²) in [5, 5.41) is 8.25. The Hall–Kier alpha value is -1.41. The second-order valence-corrected chi connectivity index (χ2v) is 3.03. The Bertz CT molecular complexity index is 404. The number of ether oxygens (including phenoxy) is 1. The summed E-state index contributed by atoms with van der Waals surface area (Å²) in [5.74, 6) is 0.0866. The van der Waals surface area contributed by atoms with Crippen LogP contribution in [0.1, 0.15) is 17.7 Å². The van der Waals surface area contributed by atoms with Gasteiger partial charge in [-0.1, -0.05) is 11.6 Å². The number of nitrogens with zero attached hydrogens (tertiary/aromatic N) is 2. The normalized spacial score (nSPS) is 10.1. The molecular weight excluding hydrogens is 226 g/mol. The standard InChI is InChI=1S/C9H7ClF2N2O/c1-15-8-5(2-3-13)4-14-7(6(8)10)9(11)12/h4,9H,2H2,1H3. The number of methoxy groups -OCH3 is 1. The van der Waals surface area contributed by atoms with Gasteiger partial charge >= 0.3 is 0 Å². The molecule has 0 spiro atoms. The minimum absolute atomic E-state index is 0.0133. The van der Waals surface area contributed by atoms with Gasteiger partial charge in [-0.05, 0) is 0 Å². The molecule has 0 N–H and O–H groups in total. The molecule has 0 fully saturated rings. The van der Waals surface area contributed by atoms with E-state index in [0.29, 0.717) is 5.56 Å². The summed E-state index contributed by atoms with van der Waals surface area (Å²) in [6.45, 7) is 0. The molecule has 0 aliphatic rings. The SMILES string of the molecule is COc1c(CC#N)cnc(C(F)F)c1Cl. The van der Waals surface area contributed by atoms with E-state index < -0.39 is 12.1 Å². The van der Waals surface area contributed by atoms with Crippen molar-refractivity contribution in [1.82, 2.24) is 4.98 Å². The van der Waals surface area contributed by atoms with Crippen LogP contribution in [0.3, 0.4) is 0 Å². The van der Waals surface area contributed by atoms with Gasteiger partial charge in [-0.3, -0.25) is 4.98 Å². The first-order valence-electron chi connectivity index (χ1n) is 3.98. The van der Waals surface area contributed by atoms with Crippen LogP contribution in [0.4, 0.5) is 8.78 Å². The molecule has 1 heterocycles. The average Bonchev–Trinajstić information content (AvgIpc) is 2.18. The van der Waals surface area contributed by atoms with Crippen molar-refractivity contribution >= 4 is 11.6 Å². The zero-order valence-corrected chi connectivity index (χ0v) is 8.55. The number of hydrogen-bond acceptors (Lipinski definition) is 3. The van der Waals surface area contributed by atoms with Gasteiger partial charge in [0.1, 0.15) is 16.5 Å². The number of halogens is 3. The first-order valence-corrected chi connectivity index (χ1v) is 4.36. The van der Waals surface area contributed by atoms with Gasteiger partial charge in [0.25, 0.3) is 6.43 Å². The van der Waals surface area contributed by atoms with E-state index in [2.05, 4.69) is 4.98 Å². The molecule has 0 saturated carbocycles. The van der Waals surface area contributed by atoms with Crippen LogP contribution in [0.15, 0.2) is 6.20 Å². The van der Waals surface area contributed by atoms with E-state index in [0.717, 1.165) is 0 Å². The Labute approximate surface area is 90.3 Å². The second kappa shape index (κ2) is 4.89. The summed E-state index contributed by atoms with van der Waals surface area (Å²) < 4.78 is 29.7. The first-order chi connectivity index (χ1) is 7.11. The predicted octanol–water partition coefficient (Wildman–Crippen LogP) is 2.75. The molecule has 0 unspecified atom stereocenters. The molecule has 6 heteroatoms. The fraction of sp³-hybridized carbons (Fsp3) is 0.333. The molecule has 0 aliphatic heterocycles. The largest absolute Gasteiger partial charge is 0.495 e. The molecule has 1 aromatic rings. The summed E-state index contributed by atoms with van der Waals surface area (Å²) in [6, 6.07) is 1.87. The zero-order chi connectivity index (χ0) is 11.4. The molecule has 0 amide bonds. The summed E-state index contributed by atoms with van der Waals surface area (Å²) in [7, 11) is 1.30. The van der Waals surface area contributed by atoms with E-state index in [4.69, 9.17) is 21.6 Å². The van der Waals surface area contributed by atoms with E-state index in [1.807, 2.05) is 6.07 Å². The van der Waals surface area contributed by atoms with Gasteiger partial charge in [0, 0.05) is 11.8 Å². The van der Waals surface area contributed by atoms with Gasteiger partial charge in [0.2, 0.25) is 0 Å². The highest BCUT2D eigenvalue weighted by Gasteiger charge is 2.19. The number of pyridine rings is 1. The van der Waals surface area contributed by atoms with Crippen LogP contribution in [0, 0.1) is 11.3 Å². The van der Waals surface area contributed by atoms with Crippen LogP contribution >= 0.6 is 11.6 Å². The van der Waals surface area contributed by atoms with Crippen LogP contribution in [-0.4, -0.2) is 12.1 Å². The highest BCUT2D eigenvalue weighted by Crippen LogP contribution is 2.35. The number of hydrogen-bond donors (Lipinski definition) is 0. The van der Waals surface area contributed by atoms with E-state index in [1.165, 1.54) is 13.3 Å². The monoisotopic (exact) mass is 232 g/mol. The number of nitriles is 1. The van der Waals surface area contributed by atoms with Crippen LogP contribution in [0.25, 0.3) is 0 Å². The number of aromatic nitrogens is 1. The molecule has 0 aliphatic carbocycles. The van der Waals surface area contributed by atoms with Crippen molar-refractivity contribution in [3.8, 4) is 11.8 Å². The van der Waals surface area contributed by atoms with Crippen LogP contribution in [-0.2, 0) is 6.42 Å². The van der Waals surface area contributed by atoms with Crippen LogP contribution in [0.5, 0.6) is 5.75 Å².